The van der Waals surface area contributed by atoms with Gasteiger partial charge in [-0.15, -0.1) is 0 Å². The Morgan fingerprint density at radius 2 is 2.12 bits per heavy atom. The Morgan fingerprint density at radius 3 is 2.82 bits per heavy atom. The summed E-state index contributed by atoms with van der Waals surface area (Å²) < 4.78 is 10.6. The van der Waals surface area contributed by atoms with Gasteiger partial charge in [-0.25, -0.2) is 0 Å². The molecule has 0 aliphatic carbocycles. The highest BCUT2D eigenvalue weighted by Crippen LogP contribution is 2.32. The zero-order chi connectivity index (χ0) is 12.3. The summed E-state index contributed by atoms with van der Waals surface area (Å²) in [6, 6.07) is 7.59. The summed E-state index contributed by atoms with van der Waals surface area (Å²) in [5.41, 5.74) is 2.20. The first kappa shape index (κ1) is 11.7. The van der Waals surface area contributed by atoms with Crippen LogP contribution in [0.5, 0.6) is 5.75 Å². The molecule has 1 heterocycles. The van der Waals surface area contributed by atoms with Crippen molar-refractivity contribution in [1.29, 1.82) is 0 Å². The molecule has 2 aromatic rings. The molecule has 1 N–H and O–H groups in total. The van der Waals surface area contributed by atoms with Gasteiger partial charge in [-0.1, -0.05) is 17.3 Å². The van der Waals surface area contributed by atoms with E-state index in [9.17, 15) is 5.11 Å². The van der Waals surface area contributed by atoms with Crippen molar-refractivity contribution < 1.29 is 14.4 Å². The monoisotopic (exact) mass is 233 g/mol. The van der Waals surface area contributed by atoms with Crippen molar-refractivity contribution in [3.8, 4) is 17.0 Å². The number of aliphatic hydroxyl groups excluding tert-OH is 1. The maximum Gasteiger partial charge on any atom is 0.139 e. The molecule has 17 heavy (non-hydrogen) atoms. The van der Waals surface area contributed by atoms with Gasteiger partial charge in [0.25, 0.3) is 0 Å². The zero-order valence-electron chi connectivity index (χ0n) is 9.93. The lowest BCUT2D eigenvalue weighted by atomic mass is 10.1. The van der Waals surface area contributed by atoms with Gasteiger partial charge in [0.2, 0.25) is 0 Å². The molecule has 0 fully saturated rings. The van der Waals surface area contributed by atoms with E-state index >= 15 is 0 Å². The van der Waals surface area contributed by atoms with Gasteiger partial charge in [-0.2, -0.15) is 0 Å². The first-order valence-corrected chi connectivity index (χ1v) is 5.56. The molecule has 0 spiro atoms. The minimum Gasteiger partial charge on any atom is -0.493 e. The van der Waals surface area contributed by atoms with Crippen LogP contribution in [0.25, 0.3) is 11.3 Å². The fraction of sp³-hybridized carbons (Fsp3) is 0.308. The Hall–Kier alpha value is -1.81. The van der Waals surface area contributed by atoms with E-state index in [1.165, 1.54) is 0 Å². The van der Waals surface area contributed by atoms with Gasteiger partial charge in [0, 0.05) is 11.1 Å². The Kier molecular flexibility index (Phi) is 3.44. The third-order valence-corrected chi connectivity index (χ3v) is 2.58. The standard InChI is InChI=1S/C13H15NO3/c1-3-16-12-7-5-4-6-10(12)13-11(8-15)9(2)17-14-13/h4-7,15H,3,8H2,1-2H3. The number of benzene rings is 1. The molecule has 0 saturated heterocycles. The second-order valence-corrected chi connectivity index (χ2v) is 3.65. The first-order chi connectivity index (χ1) is 8.27. The van der Waals surface area contributed by atoms with E-state index in [2.05, 4.69) is 5.16 Å². The van der Waals surface area contributed by atoms with Crippen molar-refractivity contribution in [2.75, 3.05) is 6.61 Å². The number of aromatic nitrogens is 1. The van der Waals surface area contributed by atoms with E-state index in [1.807, 2.05) is 31.2 Å². The van der Waals surface area contributed by atoms with E-state index in [-0.39, 0.29) is 6.61 Å². The number of hydrogen-bond acceptors (Lipinski definition) is 4. The van der Waals surface area contributed by atoms with Crippen molar-refractivity contribution in [3.05, 3.63) is 35.6 Å². The molecule has 0 aliphatic heterocycles. The third-order valence-electron chi connectivity index (χ3n) is 2.58. The van der Waals surface area contributed by atoms with Gasteiger partial charge in [0.05, 0.1) is 13.2 Å². The number of hydrogen-bond donors (Lipinski definition) is 1. The molecule has 0 aliphatic rings. The summed E-state index contributed by atoms with van der Waals surface area (Å²) in [5.74, 6) is 1.38. The largest absolute Gasteiger partial charge is 0.493 e. The molecule has 0 radical (unpaired) electrons. The minimum atomic E-state index is -0.0921. The zero-order valence-corrected chi connectivity index (χ0v) is 9.93. The number of ether oxygens (including phenoxy) is 1. The quantitative estimate of drug-likeness (QED) is 0.881. The SMILES string of the molecule is CCOc1ccccc1-c1noc(C)c1CO. The molecular weight excluding hydrogens is 218 g/mol. The lowest BCUT2D eigenvalue weighted by Gasteiger charge is -2.08. The lowest BCUT2D eigenvalue weighted by molar-refractivity contribution is 0.278. The molecule has 90 valence electrons. The van der Waals surface area contributed by atoms with Crippen molar-refractivity contribution >= 4 is 0 Å². The van der Waals surface area contributed by atoms with E-state index in [0.717, 1.165) is 11.3 Å². The fourth-order valence-corrected chi connectivity index (χ4v) is 1.73. The summed E-state index contributed by atoms with van der Waals surface area (Å²) in [6.07, 6.45) is 0. The van der Waals surface area contributed by atoms with Gasteiger partial charge in [-0.05, 0) is 26.0 Å². The van der Waals surface area contributed by atoms with Crippen LogP contribution in [0.2, 0.25) is 0 Å². The number of aliphatic hydroxyl groups is 1. The summed E-state index contributed by atoms with van der Waals surface area (Å²) in [5, 5.41) is 13.3. The van der Waals surface area contributed by atoms with Crippen LogP contribution in [0.1, 0.15) is 18.2 Å². The highest BCUT2D eigenvalue weighted by molar-refractivity contribution is 5.70. The van der Waals surface area contributed by atoms with Crippen LogP contribution in [-0.4, -0.2) is 16.9 Å². The summed E-state index contributed by atoms with van der Waals surface area (Å²) in [7, 11) is 0. The molecule has 2 rings (SSSR count). The first-order valence-electron chi connectivity index (χ1n) is 5.56. The summed E-state index contributed by atoms with van der Waals surface area (Å²) in [4.78, 5) is 0. The van der Waals surface area contributed by atoms with Gasteiger partial charge in [0.15, 0.2) is 0 Å². The van der Waals surface area contributed by atoms with E-state index in [0.29, 0.717) is 23.6 Å². The number of para-hydroxylation sites is 1. The van der Waals surface area contributed by atoms with Gasteiger partial charge >= 0.3 is 0 Å². The van der Waals surface area contributed by atoms with Crippen LogP contribution in [-0.2, 0) is 6.61 Å². The minimum absolute atomic E-state index is 0.0921. The second-order valence-electron chi connectivity index (χ2n) is 3.65. The van der Waals surface area contributed by atoms with Crippen LogP contribution >= 0.6 is 0 Å². The van der Waals surface area contributed by atoms with Crippen molar-refractivity contribution in [3.63, 3.8) is 0 Å². The molecule has 0 amide bonds. The molecule has 4 nitrogen and oxygen atoms in total. The molecular formula is C13H15NO3. The van der Waals surface area contributed by atoms with Crippen LogP contribution in [0.3, 0.4) is 0 Å². The topological polar surface area (TPSA) is 55.5 Å². The van der Waals surface area contributed by atoms with Crippen molar-refractivity contribution in [2.24, 2.45) is 0 Å². The Bertz CT molecular complexity index is 505. The van der Waals surface area contributed by atoms with E-state index in [4.69, 9.17) is 9.26 Å². The van der Waals surface area contributed by atoms with Crippen LogP contribution in [0.15, 0.2) is 28.8 Å². The summed E-state index contributed by atoms with van der Waals surface area (Å²) in [6.45, 7) is 4.20. The normalized spacial score (nSPS) is 10.5. The Labute approximate surface area is 99.8 Å². The molecule has 1 aromatic heterocycles. The van der Waals surface area contributed by atoms with E-state index in [1.54, 1.807) is 6.92 Å². The van der Waals surface area contributed by atoms with Crippen LogP contribution in [0, 0.1) is 6.92 Å². The van der Waals surface area contributed by atoms with Gasteiger partial charge in [0.1, 0.15) is 17.2 Å². The highest BCUT2D eigenvalue weighted by atomic mass is 16.5. The van der Waals surface area contributed by atoms with Crippen molar-refractivity contribution in [2.45, 2.75) is 20.5 Å². The van der Waals surface area contributed by atoms with Crippen LogP contribution < -0.4 is 4.74 Å². The van der Waals surface area contributed by atoms with Gasteiger partial charge < -0.3 is 14.4 Å². The predicted molar refractivity (Wildman–Crippen MR) is 63.8 cm³/mol. The average Bonchev–Trinajstić information content (AvgIpc) is 2.71. The average molecular weight is 233 g/mol. The number of aryl methyl sites for hydroxylation is 1. The fourth-order valence-electron chi connectivity index (χ4n) is 1.73. The third kappa shape index (κ3) is 2.17. The second kappa shape index (κ2) is 5.01. The molecule has 0 bridgehead atoms. The number of nitrogens with zero attached hydrogens (tertiary/aromatic N) is 1. The number of rotatable bonds is 4. The smallest absolute Gasteiger partial charge is 0.139 e. The Balaban J connectivity index is 2.52. The van der Waals surface area contributed by atoms with Crippen LogP contribution in [0.4, 0.5) is 0 Å². The maximum absolute atomic E-state index is 9.33. The van der Waals surface area contributed by atoms with E-state index < -0.39 is 0 Å². The lowest BCUT2D eigenvalue weighted by Crippen LogP contribution is -1.95. The highest BCUT2D eigenvalue weighted by Gasteiger charge is 2.16. The molecule has 0 unspecified atom stereocenters. The van der Waals surface area contributed by atoms with Crippen molar-refractivity contribution in [1.82, 2.24) is 5.16 Å². The summed E-state index contributed by atoms with van der Waals surface area (Å²) >= 11 is 0. The maximum atomic E-state index is 9.33. The predicted octanol–water partition coefficient (Wildman–Crippen LogP) is 2.54. The molecule has 4 heteroatoms. The Morgan fingerprint density at radius 1 is 1.35 bits per heavy atom. The molecule has 1 aromatic carbocycles. The molecule has 0 saturated carbocycles. The van der Waals surface area contributed by atoms with Gasteiger partial charge in [-0.3, -0.25) is 0 Å². The molecule has 0 atom stereocenters.